The molecule has 2 amide bonds. The van der Waals surface area contributed by atoms with Gasteiger partial charge in [0.25, 0.3) is 5.91 Å². The van der Waals surface area contributed by atoms with Gasteiger partial charge in [-0.05, 0) is 68.8 Å². The number of rotatable bonds is 7. The lowest BCUT2D eigenvalue weighted by Crippen LogP contribution is -2.50. The zero-order valence-electron chi connectivity index (χ0n) is 20.4. The van der Waals surface area contributed by atoms with E-state index in [4.69, 9.17) is 0 Å². The fraction of sp³-hybridized carbons (Fsp3) is 0.429. The Kier molecular flexibility index (Phi) is 9.24. The Bertz CT molecular complexity index is 1010. The van der Waals surface area contributed by atoms with Crippen LogP contribution in [-0.2, 0) is 4.79 Å². The monoisotopic (exact) mass is 463 g/mol. The molecule has 180 valence electrons. The first-order valence-corrected chi connectivity index (χ1v) is 12.1. The van der Waals surface area contributed by atoms with E-state index in [9.17, 15) is 14.0 Å². The van der Waals surface area contributed by atoms with Crippen LogP contribution in [-0.4, -0.2) is 60.4 Å². The summed E-state index contributed by atoms with van der Waals surface area (Å²) in [6.45, 7) is 9.88. The lowest BCUT2D eigenvalue weighted by molar-refractivity contribution is -0.118. The van der Waals surface area contributed by atoms with Crippen molar-refractivity contribution in [2.75, 3.05) is 37.6 Å². The lowest BCUT2D eigenvalue weighted by atomic mass is 10.1. The van der Waals surface area contributed by atoms with Crippen LogP contribution in [0.2, 0.25) is 0 Å². The molecular formula is C28H34FN3O2. The van der Waals surface area contributed by atoms with Crippen LogP contribution in [0, 0.1) is 17.7 Å². The number of piperazine rings is 1. The highest BCUT2D eigenvalue weighted by Gasteiger charge is 2.23. The van der Waals surface area contributed by atoms with E-state index in [-0.39, 0.29) is 24.2 Å². The van der Waals surface area contributed by atoms with Gasteiger partial charge in [0.2, 0.25) is 5.91 Å². The van der Waals surface area contributed by atoms with E-state index in [1.165, 1.54) is 12.1 Å². The third-order valence-electron chi connectivity index (χ3n) is 6.12. The Morgan fingerprint density at radius 2 is 1.65 bits per heavy atom. The average Bonchev–Trinajstić information content (AvgIpc) is 2.86. The number of amides is 2. The standard InChI is InChI=1S/C28H34FN3O2/c1-4-5-8-27(33)32(26-15-13-25(29)14-16-26)17-6-7-23-9-11-24(12-10-23)28(34)31-20-18-30(19-21-31)22(2)3/h9-16,22H,4-5,8,17-21H2,1-3H3. The van der Waals surface area contributed by atoms with Gasteiger partial charge in [-0.3, -0.25) is 14.5 Å². The number of anilines is 1. The third-order valence-corrected chi connectivity index (χ3v) is 6.12. The number of carbonyl (C=O) groups is 2. The van der Waals surface area contributed by atoms with Crippen LogP contribution < -0.4 is 4.90 Å². The summed E-state index contributed by atoms with van der Waals surface area (Å²) in [5, 5.41) is 0. The van der Waals surface area contributed by atoms with Gasteiger partial charge in [0.05, 0.1) is 6.54 Å². The predicted molar refractivity (Wildman–Crippen MR) is 134 cm³/mol. The van der Waals surface area contributed by atoms with Crippen molar-refractivity contribution in [1.82, 2.24) is 9.80 Å². The molecule has 1 heterocycles. The van der Waals surface area contributed by atoms with Gasteiger partial charge >= 0.3 is 0 Å². The summed E-state index contributed by atoms with van der Waals surface area (Å²) in [7, 11) is 0. The maximum absolute atomic E-state index is 13.3. The molecule has 0 atom stereocenters. The molecular weight excluding hydrogens is 429 g/mol. The van der Waals surface area contributed by atoms with Gasteiger partial charge in [0.15, 0.2) is 0 Å². The number of benzene rings is 2. The molecule has 3 rings (SSSR count). The first kappa shape index (κ1) is 25.5. The van der Waals surface area contributed by atoms with Crippen molar-refractivity contribution < 1.29 is 14.0 Å². The summed E-state index contributed by atoms with van der Waals surface area (Å²) in [5.41, 5.74) is 2.07. The molecule has 0 aliphatic carbocycles. The molecule has 1 fully saturated rings. The van der Waals surface area contributed by atoms with Gasteiger partial charge in [-0.1, -0.05) is 25.2 Å². The molecule has 0 spiro atoms. The number of unbranched alkanes of at least 4 members (excludes halogenated alkanes) is 1. The van der Waals surface area contributed by atoms with E-state index >= 15 is 0 Å². The van der Waals surface area contributed by atoms with Crippen molar-refractivity contribution in [3.05, 3.63) is 65.5 Å². The highest BCUT2D eigenvalue weighted by atomic mass is 19.1. The minimum absolute atomic E-state index is 0.0266. The smallest absolute Gasteiger partial charge is 0.253 e. The van der Waals surface area contributed by atoms with Crippen molar-refractivity contribution in [1.29, 1.82) is 0 Å². The molecule has 2 aromatic carbocycles. The molecule has 5 nitrogen and oxygen atoms in total. The average molecular weight is 464 g/mol. The Morgan fingerprint density at radius 3 is 2.24 bits per heavy atom. The lowest BCUT2D eigenvalue weighted by Gasteiger charge is -2.37. The fourth-order valence-corrected chi connectivity index (χ4v) is 3.95. The van der Waals surface area contributed by atoms with Crippen molar-refractivity contribution >= 4 is 17.5 Å². The zero-order valence-corrected chi connectivity index (χ0v) is 20.4. The molecule has 0 radical (unpaired) electrons. The van der Waals surface area contributed by atoms with Gasteiger partial charge in [0.1, 0.15) is 5.82 Å². The van der Waals surface area contributed by atoms with Gasteiger partial charge in [-0.25, -0.2) is 4.39 Å². The van der Waals surface area contributed by atoms with E-state index in [1.54, 1.807) is 17.0 Å². The van der Waals surface area contributed by atoms with Gasteiger partial charge in [-0.2, -0.15) is 0 Å². The van der Waals surface area contributed by atoms with Crippen LogP contribution in [0.3, 0.4) is 0 Å². The van der Waals surface area contributed by atoms with E-state index < -0.39 is 0 Å². The molecule has 1 aliphatic rings. The molecule has 0 aromatic heterocycles. The number of halogens is 1. The van der Waals surface area contributed by atoms with Crippen LogP contribution >= 0.6 is 0 Å². The molecule has 0 bridgehead atoms. The highest BCUT2D eigenvalue weighted by Crippen LogP contribution is 2.17. The second-order valence-corrected chi connectivity index (χ2v) is 8.86. The summed E-state index contributed by atoms with van der Waals surface area (Å²) in [6.07, 6.45) is 2.15. The largest absolute Gasteiger partial charge is 0.336 e. The Balaban J connectivity index is 1.63. The molecule has 2 aromatic rings. The molecule has 0 saturated carbocycles. The summed E-state index contributed by atoms with van der Waals surface area (Å²) in [5.74, 6) is 5.82. The summed E-state index contributed by atoms with van der Waals surface area (Å²) in [6, 6.07) is 13.7. The Morgan fingerprint density at radius 1 is 1.00 bits per heavy atom. The van der Waals surface area contributed by atoms with Crippen molar-refractivity contribution in [3.8, 4) is 11.8 Å². The van der Waals surface area contributed by atoms with Crippen molar-refractivity contribution in [2.24, 2.45) is 0 Å². The first-order chi connectivity index (χ1) is 16.4. The van der Waals surface area contributed by atoms with Crippen LogP contribution in [0.15, 0.2) is 48.5 Å². The number of nitrogens with zero attached hydrogens (tertiary/aromatic N) is 3. The second kappa shape index (κ2) is 12.3. The molecule has 1 saturated heterocycles. The quantitative estimate of drug-likeness (QED) is 0.565. The van der Waals surface area contributed by atoms with E-state index in [2.05, 4.69) is 30.6 Å². The van der Waals surface area contributed by atoms with Gasteiger partial charge < -0.3 is 9.80 Å². The predicted octanol–water partition coefficient (Wildman–Crippen LogP) is 4.57. The number of carbonyl (C=O) groups excluding carboxylic acids is 2. The highest BCUT2D eigenvalue weighted by molar-refractivity contribution is 5.94. The van der Waals surface area contributed by atoms with Crippen LogP contribution in [0.1, 0.15) is 56.0 Å². The molecule has 34 heavy (non-hydrogen) atoms. The SMILES string of the molecule is CCCCC(=O)N(CC#Cc1ccc(C(=O)N2CCN(C(C)C)CC2)cc1)c1ccc(F)cc1. The maximum atomic E-state index is 13.3. The van der Waals surface area contributed by atoms with Crippen molar-refractivity contribution in [2.45, 2.75) is 46.1 Å². The zero-order chi connectivity index (χ0) is 24.5. The van der Waals surface area contributed by atoms with Crippen LogP contribution in [0.5, 0.6) is 0 Å². The summed E-state index contributed by atoms with van der Waals surface area (Å²) < 4.78 is 13.3. The normalized spacial score (nSPS) is 14.0. The van der Waals surface area contributed by atoms with Crippen LogP contribution in [0.4, 0.5) is 10.1 Å². The van der Waals surface area contributed by atoms with E-state index in [1.807, 2.05) is 36.1 Å². The number of hydrogen-bond acceptors (Lipinski definition) is 3. The molecule has 0 unspecified atom stereocenters. The minimum atomic E-state index is -0.341. The molecule has 0 N–H and O–H groups in total. The topological polar surface area (TPSA) is 43.9 Å². The molecule has 1 aliphatic heterocycles. The van der Waals surface area contributed by atoms with Gasteiger partial charge in [0, 0.05) is 55.5 Å². The maximum Gasteiger partial charge on any atom is 0.253 e. The molecule has 6 heteroatoms. The van der Waals surface area contributed by atoms with Crippen LogP contribution in [0.25, 0.3) is 0 Å². The van der Waals surface area contributed by atoms with E-state index in [0.29, 0.717) is 23.7 Å². The summed E-state index contributed by atoms with van der Waals surface area (Å²) in [4.78, 5) is 31.4. The minimum Gasteiger partial charge on any atom is -0.336 e. The Labute approximate surface area is 202 Å². The number of hydrogen-bond donors (Lipinski definition) is 0. The fourth-order valence-electron chi connectivity index (χ4n) is 3.95. The summed E-state index contributed by atoms with van der Waals surface area (Å²) >= 11 is 0. The van der Waals surface area contributed by atoms with Crippen molar-refractivity contribution in [3.63, 3.8) is 0 Å². The third kappa shape index (κ3) is 6.91. The first-order valence-electron chi connectivity index (χ1n) is 12.1. The van der Waals surface area contributed by atoms with E-state index in [0.717, 1.165) is 44.6 Å². The Hall–Kier alpha value is -3.17. The second-order valence-electron chi connectivity index (χ2n) is 8.86. The van der Waals surface area contributed by atoms with Gasteiger partial charge in [-0.15, -0.1) is 0 Å².